The van der Waals surface area contributed by atoms with Crippen LogP contribution in [0.5, 0.6) is 0 Å². The fourth-order valence-corrected chi connectivity index (χ4v) is 4.48. The third-order valence-corrected chi connectivity index (χ3v) is 5.73. The Morgan fingerprint density at radius 3 is 2.64 bits per heavy atom. The van der Waals surface area contributed by atoms with Gasteiger partial charge in [-0.15, -0.1) is 11.3 Å². The highest BCUT2D eigenvalue weighted by Crippen LogP contribution is 2.38. The van der Waals surface area contributed by atoms with E-state index >= 15 is 0 Å². The molecule has 9 heteroatoms. The molecule has 1 aromatic rings. The molecule has 1 saturated heterocycles. The van der Waals surface area contributed by atoms with Crippen LogP contribution in [0.15, 0.2) is 0 Å². The van der Waals surface area contributed by atoms with Crippen molar-refractivity contribution in [1.82, 2.24) is 5.32 Å². The third-order valence-electron chi connectivity index (χ3n) is 4.52. The second-order valence-electron chi connectivity index (χ2n) is 6.17. The van der Waals surface area contributed by atoms with Crippen LogP contribution in [0.1, 0.15) is 27.2 Å². The zero-order valence-corrected chi connectivity index (χ0v) is 14.6. The van der Waals surface area contributed by atoms with E-state index in [9.17, 15) is 19.5 Å². The molecule has 2 heterocycles. The van der Waals surface area contributed by atoms with Gasteiger partial charge in [0.05, 0.1) is 32.3 Å². The maximum absolute atomic E-state index is 12.0. The average molecular weight is 367 g/mol. The molecular formula is C16H21N3O5S. The zero-order chi connectivity index (χ0) is 17.8. The molecule has 136 valence electrons. The molecule has 2 amide bonds. The van der Waals surface area contributed by atoms with Gasteiger partial charge in [0.15, 0.2) is 0 Å². The highest BCUT2D eigenvalue weighted by atomic mass is 32.1. The summed E-state index contributed by atoms with van der Waals surface area (Å²) in [7, 11) is 0. The van der Waals surface area contributed by atoms with E-state index in [-0.39, 0.29) is 10.6 Å². The lowest BCUT2D eigenvalue weighted by molar-refractivity contribution is -0.906. The highest BCUT2D eigenvalue weighted by Gasteiger charge is 2.25. The number of fused-ring (bicyclic) bond motifs is 1. The van der Waals surface area contributed by atoms with E-state index in [2.05, 4.69) is 10.6 Å². The SMILES string of the molecule is O=C(NCC[NH+]1CCOCC1)C(=O)Nc1sc2c(c1C(=O)[O-])CCC2. The summed E-state index contributed by atoms with van der Waals surface area (Å²) in [6.07, 6.45) is 2.37. The van der Waals surface area contributed by atoms with Crippen LogP contribution < -0.4 is 20.6 Å². The summed E-state index contributed by atoms with van der Waals surface area (Å²) in [5, 5.41) is 16.6. The second kappa shape index (κ2) is 7.94. The molecule has 0 bridgehead atoms. The number of aromatic carboxylic acids is 1. The van der Waals surface area contributed by atoms with Gasteiger partial charge in [0.2, 0.25) is 0 Å². The molecule has 8 nitrogen and oxygen atoms in total. The highest BCUT2D eigenvalue weighted by molar-refractivity contribution is 7.17. The first-order valence-electron chi connectivity index (χ1n) is 8.42. The number of hydrogen-bond acceptors (Lipinski definition) is 6. The molecule has 0 unspecified atom stereocenters. The van der Waals surface area contributed by atoms with Crippen molar-refractivity contribution < 1.29 is 29.1 Å². The van der Waals surface area contributed by atoms with Gasteiger partial charge in [-0.25, -0.2) is 0 Å². The van der Waals surface area contributed by atoms with E-state index in [4.69, 9.17) is 4.74 Å². The number of carboxylic acid groups (broad SMARTS) is 1. The van der Waals surface area contributed by atoms with E-state index in [1.54, 1.807) is 0 Å². The summed E-state index contributed by atoms with van der Waals surface area (Å²) in [5.74, 6) is -2.92. The van der Waals surface area contributed by atoms with Crippen molar-refractivity contribution in [3.05, 3.63) is 16.0 Å². The number of rotatable bonds is 5. The monoisotopic (exact) mass is 367 g/mol. The lowest BCUT2D eigenvalue weighted by Crippen LogP contribution is -3.14. The quantitative estimate of drug-likeness (QED) is 0.501. The minimum atomic E-state index is -1.31. The first kappa shape index (κ1) is 17.8. The van der Waals surface area contributed by atoms with Gasteiger partial charge in [0, 0.05) is 10.4 Å². The van der Waals surface area contributed by atoms with Gasteiger partial charge >= 0.3 is 11.8 Å². The molecule has 1 aromatic heterocycles. The summed E-state index contributed by atoms with van der Waals surface area (Å²) in [5.41, 5.74) is 0.757. The Balaban J connectivity index is 1.53. The van der Waals surface area contributed by atoms with E-state index in [0.717, 1.165) is 42.9 Å². The molecule has 0 radical (unpaired) electrons. The average Bonchev–Trinajstić information content (AvgIpc) is 3.15. The van der Waals surface area contributed by atoms with Crippen molar-refractivity contribution >= 4 is 34.1 Å². The van der Waals surface area contributed by atoms with Crippen LogP contribution in [0, 0.1) is 0 Å². The van der Waals surface area contributed by atoms with Crippen LogP contribution in [-0.4, -0.2) is 57.2 Å². The molecule has 25 heavy (non-hydrogen) atoms. The Morgan fingerprint density at radius 2 is 1.92 bits per heavy atom. The molecule has 0 aromatic carbocycles. The van der Waals surface area contributed by atoms with E-state index in [0.29, 0.717) is 26.2 Å². The van der Waals surface area contributed by atoms with Crippen LogP contribution in [0.3, 0.4) is 0 Å². The van der Waals surface area contributed by atoms with E-state index in [1.165, 1.54) is 16.2 Å². The number of ether oxygens (including phenoxy) is 1. The molecule has 3 rings (SSSR count). The molecule has 3 N–H and O–H groups in total. The molecule has 0 saturated carbocycles. The maximum Gasteiger partial charge on any atom is 0.314 e. The van der Waals surface area contributed by atoms with Gasteiger partial charge in [0.1, 0.15) is 18.1 Å². The summed E-state index contributed by atoms with van der Waals surface area (Å²) < 4.78 is 5.26. The van der Waals surface area contributed by atoms with Crippen molar-refractivity contribution in [1.29, 1.82) is 0 Å². The Bertz CT molecular complexity index is 682. The van der Waals surface area contributed by atoms with Gasteiger partial charge in [-0.2, -0.15) is 0 Å². The van der Waals surface area contributed by atoms with Gasteiger partial charge in [-0.3, -0.25) is 9.59 Å². The van der Waals surface area contributed by atoms with E-state index in [1.807, 2.05) is 0 Å². The van der Waals surface area contributed by atoms with Crippen LogP contribution in [0.25, 0.3) is 0 Å². The van der Waals surface area contributed by atoms with Crippen LogP contribution in [0.4, 0.5) is 5.00 Å². The largest absolute Gasteiger partial charge is 0.545 e. The van der Waals surface area contributed by atoms with Crippen molar-refractivity contribution in [2.45, 2.75) is 19.3 Å². The number of carbonyl (C=O) groups is 3. The van der Waals surface area contributed by atoms with Gasteiger partial charge in [0.25, 0.3) is 0 Å². The smallest absolute Gasteiger partial charge is 0.314 e. The zero-order valence-electron chi connectivity index (χ0n) is 13.8. The number of thiophene rings is 1. The first-order valence-corrected chi connectivity index (χ1v) is 9.24. The molecule has 0 spiro atoms. The number of anilines is 1. The van der Waals surface area contributed by atoms with Crippen molar-refractivity contribution in [2.24, 2.45) is 0 Å². The number of carbonyl (C=O) groups excluding carboxylic acids is 3. The van der Waals surface area contributed by atoms with Crippen LogP contribution in [0.2, 0.25) is 0 Å². The van der Waals surface area contributed by atoms with Gasteiger partial charge in [-0.05, 0) is 24.8 Å². The summed E-state index contributed by atoms with van der Waals surface area (Å²) in [6.45, 7) is 4.29. The lowest BCUT2D eigenvalue weighted by Gasteiger charge is -2.23. The Morgan fingerprint density at radius 1 is 1.16 bits per heavy atom. The van der Waals surface area contributed by atoms with Crippen LogP contribution in [-0.2, 0) is 27.2 Å². The van der Waals surface area contributed by atoms with Gasteiger partial charge in [-0.1, -0.05) is 0 Å². The molecular weight excluding hydrogens is 346 g/mol. The molecule has 0 atom stereocenters. The molecule has 2 aliphatic rings. The topological polar surface area (TPSA) is 112 Å². The van der Waals surface area contributed by atoms with Crippen molar-refractivity contribution in [3.63, 3.8) is 0 Å². The van der Waals surface area contributed by atoms with Crippen molar-refractivity contribution in [2.75, 3.05) is 44.7 Å². The standard InChI is InChI=1S/C16H21N3O5S/c20-13(17-4-5-19-6-8-24-9-7-19)14(21)18-15-12(16(22)23)10-2-1-3-11(10)25-15/h1-9H2,(H,17,20)(H,18,21)(H,22,23). The normalized spacial score (nSPS) is 17.1. The second-order valence-corrected chi connectivity index (χ2v) is 7.28. The minimum absolute atomic E-state index is 0.0245. The Labute approximate surface area is 149 Å². The number of amides is 2. The minimum Gasteiger partial charge on any atom is -0.545 e. The molecule has 1 fully saturated rings. The summed E-state index contributed by atoms with van der Waals surface area (Å²) >= 11 is 1.22. The van der Waals surface area contributed by atoms with Gasteiger partial charge < -0.3 is 30.2 Å². The lowest BCUT2D eigenvalue weighted by atomic mass is 10.1. The predicted molar refractivity (Wildman–Crippen MR) is 88.7 cm³/mol. The van der Waals surface area contributed by atoms with E-state index < -0.39 is 17.8 Å². The Kier molecular flexibility index (Phi) is 5.67. The molecule has 1 aliphatic heterocycles. The predicted octanol–water partition coefficient (Wildman–Crippen LogP) is -2.43. The summed E-state index contributed by atoms with van der Waals surface area (Å²) in [6, 6.07) is 0. The van der Waals surface area contributed by atoms with Crippen molar-refractivity contribution in [3.8, 4) is 0 Å². The number of aryl methyl sites for hydroxylation is 1. The maximum atomic E-state index is 12.0. The van der Waals surface area contributed by atoms with Crippen LogP contribution >= 0.6 is 11.3 Å². The first-order chi connectivity index (χ1) is 12.1. The molecule has 1 aliphatic carbocycles. The Hall–Kier alpha value is -1.97. The fraction of sp³-hybridized carbons (Fsp3) is 0.562. The number of quaternary nitrogens is 1. The number of carboxylic acids is 1. The summed E-state index contributed by atoms with van der Waals surface area (Å²) in [4.78, 5) is 37.6. The number of hydrogen-bond donors (Lipinski definition) is 3. The fourth-order valence-electron chi connectivity index (χ4n) is 3.21. The number of nitrogens with one attached hydrogen (secondary N) is 3. The number of morpholine rings is 1. The third kappa shape index (κ3) is 4.17.